The van der Waals surface area contributed by atoms with Gasteiger partial charge in [-0.2, -0.15) is 0 Å². The van der Waals surface area contributed by atoms with Crippen molar-refractivity contribution in [3.63, 3.8) is 0 Å². The molecule has 0 aromatic carbocycles. The van der Waals surface area contributed by atoms with E-state index in [2.05, 4.69) is 5.32 Å². The maximum absolute atomic E-state index is 11.7. The average Bonchev–Trinajstić information content (AvgIpc) is 2.03. The molecule has 0 aliphatic heterocycles. The molecule has 0 aromatic rings. The number of amides is 1. The summed E-state index contributed by atoms with van der Waals surface area (Å²) in [5, 5.41) is 2.86. The van der Waals surface area contributed by atoms with E-state index in [9.17, 15) is 4.79 Å². The Kier molecular flexibility index (Phi) is 4.55. The Morgan fingerprint density at radius 3 is 2.29 bits per heavy atom. The maximum atomic E-state index is 11.7. The highest BCUT2D eigenvalue weighted by atomic mass is 16.5. The van der Waals surface area contributed by atoms with Gasteiger partial charge >= 0.3 is 0 Å². The second kappa shape index (κ2) is 4.75. The maximum Gasteiger partial charge on any atom is 0.240 e. The van der Waals surface area contributed by atoms with Crippen LogP contribution in [0.3, 0.4) is 0 Å². The van der Waals surface area contributed by atoms with Crippen molar-refractivity contribution in [1.82, 2.24) is 5.32 Å². The van der Waals surface area contributed by atoms with Gasteiger partial charge in [0.1, 0.15) is 0 Å². The van der Waals surface area contributed by atoms with Gasteiger partial charge in [-0.1, -0.05) is 6.92 Å². The first-order chi connectivity index (χ1) is 6.25. The van der Waals surface area contributed by atoms with Crippen LogP contribution in [0.4, 0.5) is 0 Å². The summed E-state index contributed by atoms with van der Waals surface area (Å²) in [6.45, 7) is 7.90. The highest BCUT2D eigenvalue weighted by Gasteiger charge is 2.30. The summed E-state index contributed by atoms with van der Waals surface area (Å²) < 4.78 is 5.00. The van der Waals surface area contributed by atoms with Gasteiger partial charge in [-0.25, -0.2) is 0 Å². The normalized spacial score (nSPS) is 16.1. The Balaban J connectivity index is 4.31. The largest absolute Gasteiger partial charge is 0.382 e. The highest BCUT2D eigenvalue weighted by molar-refractivity contribution is 5.86. The van der Waals surface area contributed by atoms with E-state index in [1.807, 2.05) is 20.8 Å². The van der Waals surface area contributed by atoms with Crippen LogP contribution in [0.1, 0.15) is 34.1 Å². The molecule has 84 valence electrons. The summed E-state index contributed by atoms with van der Waals surface area (Å²) in [7, 11) is 1.61. The molecule has 14 heavy (non-hydrogen) atoms. The topological polar surface area (TPSA) is 64.4 Å². The van der Waals surface area contributed by atoms with Crippen LogP contribution < -0.4 is 11.1 Å². The van der Waals surface area contributed by atoms with E-state index in [4.69, 9.17) is 10.5 Å². The molecule has 0 aliphatic carbocycles. The van der Waals surface area contributed by atoms with Gasteiger partial charge in [0.05, 0.1) is 17.7 Å². The van der Waals surface area contributed by atoms with E-state index >= 15 is 0 Å². The molecule has 1 unspecified atom stereocenters. The standard InChI is InChI=1S/C10H22N2O2/c1-6-10(4,11)8(13)12-9(2,3)7-14-5/h6-7,11H2,1-5H3,(H,12,13). The number of nitrogens with two attached hydrogens (primary N) is 1. The third kappa shape index (κ3) is 4.07. The Hall–Kier alpha value is -0.610. The summed E-state index contributed by atoms with van der Waals surface area (Å²) in [4.78, 5) is 11.7. The third-order valence-corrected chi connectivity index (χ3v) is 2.21. The summed E-state index contributed by atoms with van der Waals surface area (Å²) in [5.74, 6) is -0.137. The quantitative estimate of drug-likeness (QED) is 0.688. The number of carbonyl (C=O) groups excluding carboxylic acids is 1. The average molecular weight is 202 g/mol. The second-order valence-electron chi connectivity index (χ2n) is 4.54. The Morgan fingerprint density at radius 1 is 1.43 bits per heavy atom. The van der Waals surface area contributed by atoms with Crippen molar-refractivity contribution in [3.8, 4) is 0 Å². The molecule has 3 N–H and O–H groups in total. The molecule has 4 heteroatoms. The molecule has 0 spiro atoms. The van der Waals surface area contributed by atoms with Crippen molar-refractivity contribution in [2.45, 2.75) is 45.2 Å². The number of hydrogen-bond donors (Lipinski definition) is 2. The molecule has 0 heterocycles. The highest BCUT2D eigenvalue weighted by Crippen LogP contribution is 2.09. The fourth-order valence-corrected chi connectivity index (χ4v) is 1.01. The van der Waals surface area contributed by atoms with Gasteiger partial charge in [0, 0.05) is 7.11 Å². The number of rotatable bonds is 5. The molecule has 0 aromatic heterocycles. The number of methoxy groups -OCH3 is 1. The first-order valence-corrected chi connectivity index (χ1v) is 4.85. The minimum Gasteiger partial charge on any atom is -0.382 e. The number of nitrogens with one attached hydrogen (secondary N) is 1. The Morgan fingerprint density at radius 2 is 1.93 bits per heavy atom. The monoisotopic (exact) mass is 202 g/mol. The predicted molar refractivity (Wildman–Crippen MR) is 57.0 cm³/mol. The van der Waals surface area contributed by atoms with E-state index in [1.54, 1.807) is 14.0 Å². The van der Waals surface area contributed by atoms with Crippen molar-refractivity contribution in [2.75, 3.05) is 13.7 Å². The summed E-state index contributed by atoms with van der Waals surface area (Å²) in [5.41, 5.74) is 4.64. The lowest BCUT2D eigenvalue weighted by Crippen LogP contribution is -2.58. The molecule has 1 amide bonds. The molecule has 0 aliphatic rings. The third-order valence-electron chi connectivity index (χ3n) is 2.21. The van der Waals surface area contributed by atoms with Crippen LogP contribution in [0, 0.1) is 0 Å². The van der Waals surface area contributed by atoms with E-state index in [1.165, 1.54) is 0 Å². The Labute approximate surface area is 86.2 Å². The molecule has 0 rings (SSSR count). The zero-order valence-corrected chi connectivity index (χ0v) is 9.81. The minimum atomic E-state index is -0.801. The fourth-order valence-electron chi connectivity index (χ4n) is 1.01. The minimum absolute atomic E-state index is 0.137. The first kappa shape index (κ1) is 13.4. The Bertz CT molecular complexity index is 200. The SMILES string of the molecule is CCC(C)(N)C(=O)NC(C)(C)COC. The van der Waals surface area contributed by atoms with E-state index < -0.39 is 5.54 Å². The molecule has 0 saturated carbocycles. The lowest BCUT2D eigenvalue weighted by atomic mass is 9.97. The van der Waals surface area contributed by atoms with E-state index in [0.29, 0.717) is 13.0 Å². The van der Waals surface area contributed by atoms with Gasteiger partial charge in [0.25, 0.3) is 0 Å². The van der Waals surface area contributed by atoms with Crippen LogP contribution in [0.2, 0.25) is 0 Å². The van der Waals surface area contributed by atoms with Crippen molar-refractivity contribution in [2.24, 2.45) is 5.73 Å². The summed E-state index contributed by atoms with van der Waals surface area (Å²) >= 11 is 0. The van der Waals surface area contributed by atoms with E-state index in [0.717, 1.165) is 0 Å². The van der Waals surface area contributed by atoms with E-state index in [-0.39, 0.29) is 11.4 Å². The molecule has 0 saturated heterocycles. The molecule has 0 radical (unpaired) electrons. The van der Waals surface area contributed by atoms with Gasteiger partial charge in [-0.3, -0.25) is 4.79 Å². The van der Waals surface area contributed by atoms with Gasteiger partial charge in [-0.15, -0.1) is 0 Å². The molecular weight excluding hydrogens is 180 g/mol. The summed E-state index contributed by atoms with van der Waals surface area (Å²) in [6, 6.07) is 0. The number of hydrogen-bond acceptors (Lipinski definition) is 3. The van der Waals surface area contributed by atoms with Gasteiger partial charge in [0.15, 0.2) is 0 Å². The molecule has 4 nitrogen and oxygen atoms in total. The molecule has 0 bridgehead atoms. The van der Waals surface area contributed by atoms with Crippen molar-refractivity contribution >= 4 is 5.91 Å². The lowest BCUT2D eigenvalue weighted by Gasteiger charge is -2.30. The smallest absolute Gasteiger partial charge is 0.240 e. The van der Waals surface area contributed by atoms with Gasteiger partial charge in [-0.05, 0) is 27.2 Å². The van der Waals surface area contributed by atoms with Crippen LogP contribution in [-0.2, 0) is 9.53 Å². The zero-order valence-electron chi connectivity index (χ0n) is 9.81. The molecule has 1 atom stereocenters. The summed E-state index contributed by atoms with van der Waals surface area (Å²) in [6.07, 6.45) is 0.613. The zero-order chi connectivity index (χ0) is 11.4. The van der Waals surface area contributed by atoms with Gasteiger partial charge < -0.3 is 15.8 Å². The molecular formula is C10H22N2O2. The molecule has 0 fully saturated rings. The predicted octanol–water partition coefficient (Wildman–Crippen LogP) is 0.655. The van der Waals surface area contributed by atoms with Crippen LogP contribution >= 0.6 is 0 Å². The fraction of sp³-hybridized carbons (Fsp3) is 0.900. The van der Waals surface area contributed by atoms with Gasteiger partial charge in [0.2, 0.25) is 5.91 Å². The number of carbonyl (C=O) groups is 1. The second-order valence-corrected chi connectivity index (χ2v) is 4.54. The lowest BCUT2D eigenvalue weighted by molar-refractivity contribution is -0.128. The van der Waals surface area contributed by atoms with Crippen molar-refractivity contribution < 1.29 is 9.53 Å². The van der Waals surface area contributed by atoms with Crippen LogP contribution in [0.25, 0.3) is 0 Å². The van der Waals surface area contributed by atoms with Crippen LogP contribution in [-0.4, -0.2) is 30.7 Å². The van der Waals surface area contributed by atoms with Crippen LogP contribution in [0.15, 0.2) is 0 Å². The van der Waals surface area contributed by atoms with Crippen molar-refractivity contribution in [1.29, 1.82) is 0 Å². The number of ether oxygens (including phenoxy) is 1. The van der Waals surface area contributed by atoms with Crippen LogP contribution in [0.5, 0.6) is 0 Å². The van der Waals surface area contributed by atoms with Crippen molar-refractivity contribution in [3.05, 3.63) is 0 Å². The first-order valence-electron chi connectivity index (χ1n) is 4.85.